The summed E-state index contributed by atoms with van der Waals surface area (Å²) >= 11 is 0. The molecule has 19 heavy (non-hydrogen) atoms. The van der Waals surface area contributed by atoms with Crippen LogP contribution in [-0.4, -0.2) is 40.1 Å². The van der Waals surface area contributed by atoms with Gasteiger partial charge in [0.15, 0.2) is 0 Å². The van der Waals surface area contributed by atoms with E-state index >= 15 is 0 Å². The Morgan fingerprint density at radius 1 is 1.11 bits per heavy atom. The minimum atomic E-state index is -0.663. The fraction of sp³-hybridized carbons (Fsp3) is 0.214. The summed E-state index contributed by atoms with van der Waals surface area (Å²) in [5.74, 6) is -0.967. The first-order valence-corrected chi connectivity index (χ1v) is 6.05. The zero-order valence-electron chi connectivity index (χ0n) is 10.4. The Labute approximate surface area is 110 Å². The molecule has 3 rings (SSSR count). The van der Waals surface area contributed by atoms with E-state index < -0.39 is 6.04 Å². The fourth-order valence-electron chi connectivity index (χ4n) is 2.43. The van der Waals surface area contributed by atoms with Gasteiger partial charge in [-0.1, -0.05) is 18.2 Å². The normalized spacial score (nSPS) is 22.2. The number of hydrogen-bond acceptors (Lipinski definition) is 3. The van der Waals surface area contributed by atoms with Crippen LogP contribution in [0.4, 0.5) is 0 Å². The number of benzene rings is 1. The molecule has 0 aliphatic carbocycles. The smallest absolute Gasteiger partial charge is 0.262 e. The summed E-state index contributed by atoms with van der Waals surface area (Å²) in [5.41, 5.74) is 0.759. The Hall–Kier alpha value is -2.43. The number of carbonyl (C=O) groups is 3. The van der Waals surface area contributed by atoms with Gasteiger partial charge in [-0.25, -0.2) is 0 Å². The molecule has 2 heterocycles. The Morgan fingerprint density at radius 3 is 2.16 bits per heavy atom. The fourth-order valence-corrected chi connectivity index (χ4v) is 2.43. The maximum absolute atomic E-state index is 12.2. The van der Waals surface area contributed by atoms with Crippen LogP contribution < -0.4 is 0 Å². The lowest BCUT2D eigenvalue weighted by Gasteiger charge is -2.39. The van der Waals surface area contributed by atoms with Crippen LogP contribution >= 0.6 is 0 Å². The predicted molar refractivity (Wildman–Crippen MR) is 67.3 cm³/mol. The van der Waals surface area contributed by atoms with Crippen molar-refractivity contribution in [3.63, 3.8) is 0 Å². The third kappa shape index (κ3) is 1.51. The summed E-state index contributed by atoms with van der Waals surface area (Å²) in [6, 6.07) is 5.98. The Morgan fingerprint density at radius 2 is 1.68 bits per heavy atom. The summed E-state index contributed by atoms with van der Waals surface area (Å²) in [6.07, 6.45) is 3.40. The van der Waals surface area contributed by atoms with Gasteiger partial charge in [0.25, 0.3) is 17.7 Å². The maximum Gasteiger partial charge on any atom is 0.262 e. The summed E-state index contributed by atoms with van der Waals surface area (Å²) in [6.45, 7) is 2.18. The number of amides is 3. The highest BCUT2D eigenvalue weighted by Crippen LogP contribution is 2.28. The minimum absolute atomic E-state index is 0.215. The van der Waals surface area contributed by atoms with Gasteiger partial charge in [0.2, 0.25) is 0 Å². The lowest BCUT2D eigenvalue weighted by molar-refractivity contribution is -0.143. The zero-order valence-corrected chi connectivity index (χ0v) is 10.4. The van der Waals surface area contributed by atoms with E-state index in [9.17, 15) is 14.4 Å². The van der Waals surface area contributed by atoms with Crippen LogP contribution in [0.15, 0.2) is 36.5 Å². The number of hydrogen-bond donors (Lipinski definition) is 0. The van der Waals surface area contributed by atoms with Gasteiger partial charge in [-0.05, 0) is 19.1 Å². The van der Waals surface area contributed by atoms with E-state index in [4.69, 9.17) is 0 Å². The molecule has 5 heteroatoms. The zero-order chi connectivity index (χ0) is 13.6. The lowest BCUT2D eigenvalue weighted by atomic mass is 10.1. The molecule has 5 nitrogen and oxygen atoms in total. The summed E-state index contributed by atoms with van der Waals surface area (Å²) in [7, 11) is 0. The average molecular weight is 256 g/mol. The Kier molecular flexibility index (Phi) is 2.48. The molecule has 1 atom stereocenters. The van der Waals surface area contributed by atoms with E-state index in [1.165, 1.54) is 4.90 Å². The van der Waals surface area contributed by atoms with Crippen molar-refractivity contribution in [2.45, 2.75) is 13.0 Å². The third-order valence-electron chi connectivity index (χ3n) is 3.40. The van der Waals surface area contributed by atoms with Gasteiger partial charge in [0, 0.05) is 6.20 Å². The highest BCUT2D eigenvalue weighted by Gasteiger charge is 2.49. The van der Waals surface area contributed by atoms with Gasteiger partial charge in [-0.15, -0.1) is 0 Å². The van der Waals surface area contributed by atoms with Gasteiger partial charge in [-0.3, -0.25) is 19.3 Å². The van der Waals surface area contributed by atoms with Gasteiger partial charge in [-0.2, -0.15) is 0 Å². The number of nitrogens with zero attached hydrogens (tertiary/aromatic N) is 2. The largest absolute Gasteiger partial charge is 0.315 e. The number of rotatable bonds is 2. The molecule has 0 bridgehead atoms. The Bertz CT molecular complexity index is 586. The number of imide groups is 1. The van der Waals surface area contributed by atoms with Gasteiger partial charge in [0.05, 0.1) is 17.7 Å². The molecule has 2 aliphatic rings. The van der Waals surface area contributed by atoms with Crippen LogP contribution in [0.1, 0.15) is 27.6 Å². The van der Waals surface area contributed by atoms with Crippen LogP contribution in [0.2, 0.25) is 0 Å². The van der Waals surface area contributed by atoms with Gasteiger partial charge < -0.3 is 4.90 Å². The van der Waals surface area contributed by atoms with Crippen molar-refractivity contribution in [3.8, 4) is 0 Å². The highest BCUT2D eigenvalue weighted by molar-refractivity contribution is 6.23. The monoisotopic (exact) mass is 256 g/mol. The predicted octanol–water partition coefficient (Wildman–Crippen LogP) is 1.03. The van der Waals surface area contributed by atoms with E-state index in [1.807, 2.05) is 6.92 Å². The molecule has 0 spiro atoms. The van der Waals surface area contributed by atoms with Crippen molar-refractivity contribution in [2.75, 3.05) is 6.54 Å². The topological polar surface area (TPSA) is 57.7 Å². The second kappa shape index (κ2) is 4.05. The molecule has 0 aromatic heterocycles. The van der Waals surface area contributed by atoms with Crippen molar-refractivity contribution in [2.24, 2.45) is 0 Å². The molecule has 1 aromatic carbocycles. The molecule has 3 amide bonds. The highest BCUT2D eigenvalue weighted by atomic mass is 16.2. The molecular weight excluding hydrogens is 244 g/mol. The molecule has 0 radical (unpaired) electrons. The molecule has 1 fully saturated rings. The van der Waals surface area contributed by atoms with Crippen molar-refractivity contribution in [3.05, 3.63) is 47.7 Å². The molecular formula is C14H12N2O3. The lowest BCUT2D eigenvalue weighted by Crippen LogP contribution is -2.63. The van der Waals surface area contributed by atoms with Gasteiger partial charge in [0.1, 0.15) is 6.04 Å². The number of fused-ring (bicyclic) bond motifs is 1. The van der Waals surface area contributed by atoms with Crippen molar-refractivity contribution < 1.29 is 14.4 Å². The summed E-state index contributed by atoms with van der Waals surface area (Å²) < 4.78 is 0. The molecule has 0 saturated carbocycles. The van der Waals surface area contributed by atoms with Crippen molar-refractivity contribution in [1.29, 1.82) is 0 Å². The van der Waals surface area contributed by atoms with E-state index in [0.29, 0.717) is 17.7 Å². The second-order valence-electron chi connectivity index (χ2n) is 4.51. The summed E-state index contributed by atoms with van der Waals surface area (Å²) in [5, 5.41) is 0. The maximum atomic E-state index is 12.2. The number of β-lactam (4-membered cyclic amide) rings is 1. The number of likely N-dealkylation sites (tertiary alicyclic amines) is 1. The standard InChI is InChI=1S/C14H12N2O3/c1-2-7-15-8-11(14(15)19)16-12(17)9-5-3-4-6-10(9)13(16)18/h2-7,11H,8H2,1H3. The van der Waals surface area contributed by atoms with Crippen LogP contribution in [0.5, 0.6) is 0 Å². The van der Waals surface area contributed by atoms with Crippen molar-refractivity contribution >= 4 is 17.7 Å². The molecule has 1 saturated heterocycles. The molecule has 1 aromatic rings. The first-order valence-electron chi connectivity index (χ1n) is 6.05. The number of carbonyl (C=O) groups excluding carboxylic acids is 3. The average Bonchev–Trinajstić information content (AvgIpc) is 2.67. The molecule has 1 unspecified atom stereocenters. The summed E-state index contributed by atoms with van der Waals surface area (Å²) in [4.78, 5) is 38.8. The first-order chi connectivity index (χ1) is 9.15. The molecule has 0 N–H and O–H groups in total. The molecule has 2 aliphatic heterocycles. The van der Waals surface area contributed by atoms with Crippen LogP contribution in [0.3, 0.4) is 0 Å². The minimum Gasteiger partial charge on any atom is -0.315 e. The van der Waals surface area contributed by atoms with Crippen LogP contribution in [0, 0.1) is 0 Å². The van der Waals surface area contributed by atoms with E-state index in [0.717, 1.165) is 4.90 Å². The van der Waals surface area contributed by atoms with Crippen LogP contribution in [-0.2, 0) is 4.79 Å². The SMILES string of the molecule is CC=CN1CC(N2C(=O)c3ccccc3C2=O)C1=O. The first kappa shape index (κ1) is 11.6. The van der Waals surface area contributed by atoms with Gasteiger partial charge >= 0.3 is 0 Å². The van der Waals surface area contributed by atoms with E-state index in [1.54, 1.807) is 36.5 Å². The third-order valence-corrected chi connectivity index (χ3v) is 3.40. The van der Waals surface area contributed by atoms with E-state index in [2.05, 4.69) is 0 Å². The second-order valence-corrected chi connectivity index (χ2v) is 4.51. The number of allylic oxidation sites excluding steroid dienone is 1. The van der Waals surface area contributed by atoms with E-state index in [-0.39, 0.29) is 17.7 Å². The quantitative estimate of drug-likeness (QED) is 0.586. The molecule has 96 valence electrons. The Balaban J connectivity index is 1.88. The van der Waals surface area contributed by atoms with Crippen molar-refractivity contribution in [1.82, 2.24) is 9.80 Å². The van der Waals surface area contributed by atoms with Crippen LogP contribution in [0.25, 0.3) is 0 Å².